The molecule has 2 heteroatoms. The van der Waals surface area contributed by atoms with E-state index < -0.39 is 0 Å². The Labute approximate surface area is 103 Å². The smallest absolute Gasteiger partial charge is 0.0570 e. The predicted molar refractivity (Wildman–Crippen MR) is 69.5 cm³/mol. The molecule has 1 saturated carbocycles. The first kappa shape index (κ1) is 11.0. The van der Waals surface area contributed by atoms with Gasteiger partial charge in [0.05, 0.1) is 5.69 Å². The van der Waals surface area contributed by atoms with Crippen LogP contribution in [0.5, 0.6) is 0 Å². The summed E-state index contributed by atoms with van der Waals surface area (Å²) in [6.45, 7) is 3.33. The largest absolute Gasteiger partial charge is 0.309 e. The van der Waals surface area contributed by atoms with Crippen LogP contribution < -0.4 is 5.32 Å². The monoisotopic (exact) mass is 228 g/mol. The molecule has 0 aliphatic heterocycles. The maximum atomic E-state index is 4.40. The number of nitrogens with one attached hydrogen (secondary N) is 1. The molecule has 90 valence electrons. The Bertz CT molecular complexity index is 399. The van der Waals surface area contributed by atoms with Crippen molar-refractivity contribution in [3.8, 4) is 0 Å². The Morgan fingerprint density at radius 3 is 2.94 bits per heavy atom. The lowest BCUT2D eigenvalue weighted by Crippen LogP contribution is -2.28. The molecule has 2 nitrogen and oxygen atoms in total. The van der Waals surface area contributed by atoms with Crippen molar-refractivity contribution in [3.63, 3.8) is 0 Å². The van der Waals surface area contributed by atoms with Gasteiger partial charge in [0.1, 0.15) is 0 Å². The van der Waals surface area contributed by atoms with Crippen LogP contribution in [-0.4, -0.2) is 11.5 Å². The van der Waals surface area contributed by atoms with Gasteiger partial charge < -0.3 is 5.32 Å². The van der Waals surface area contributed by atoms with Crippen molar-refractivity contribution in [2.75, 3.05) is 6.54 Å². The van der Waals surface area contributed by atoms with E-state index in [-0.39, 0.29) is 0 Å². The van der Waals surface area contributed by atoms with Gasteiger partial charge in [-0.2, -0.15) is 0 Å². The van der Waals surface area contributed by atoms with Crippen molar-refractivity contribution in [1.29, 1.82) is 0 Å². The molecule has 1 fully saturated rings. The first-order chi connectivity index (χ1) is 8.33. The quantitative estimate of drug-likeness (QED) is 0.801. The van der Waals surface area contributed by atoms with Crippen molar-refractivity contribution in [1.82, 2.24) is 10.3 Å². The number of nitrogens with zero attached hydrogens (tertiary/aromatic N) is 1. The second-order valence-corrected chi connectivity index (χ2v) is 5.42. The van der Waals surface area contributed by atoms with Crippen molar-refractivity contribution >= 4 is 0 Å². The average molecular weight is 228 g/mol. The SMILES string of the molecule is C[C@H](NCC1CC2C=CC1C2)c1ccccn1. The molecule has 2 bridgehead atoms. The van der Waals surface area contributed by atoms with Gasteiger partial charge in [-0.1, -0.05) is 18.2 Å². The molecule has 0 amide bonds. The predicted octanol–water partition coefficient (Wildman–Crippen LogP) is 2.94. The van der Waals surface area contributed by atoms with Gasteiger partial charge in [-0.25, -0.2) is 0 Å². The number of fused-ring (bicyclic) bond motifs is 2. The van der Waals surface area contributed by atoms with Crippen LogP contribution in [0, 0.1) is 17.8 Å². The van der Waals surface area contributed by atoms with Crippen molar-refractivity contribution in [2.24, 2.45) is 17.8 Å². The van der Waals surface area contributed by atoms with Gasteiger partial charge >= 0.3 is 0 Å². The molecule has 0 spiro atoms. The van der Waals surface area contributed by atoms with Crippen LogP contribution in [0.1, 0.15) is 31.5 Å². The Morgan fingerprint density at radius 2 is 2.29 bits per heavy atom. The van der Waals surface area contributed by atoms with Gasteiger partial charge in [0.25, 0.3) is 0 Å². The minimum absolute atomic E-state index is 0.360. The summed E-state index contributed by atoms with van der Waals surface area (Å²) in [6, 6.07) is 6.48. The van der Waals surface area contributed by atoms with E-state index in [0.29, 0.717) is 6.04 Å². The third-order valence-electron chi connectivity index (χ3n) is 4.23. The fraction of sp³-hybridized carbons (Fsp3) is 0.533. The number of hydrogen-bond donors (Lipinski definition) is 1. The molecule has 3 rings (SSSR count). The Balaban J connectivity index is 1.53. The highest BCUT2D eigenvalue weighted by Crippen LogP contribution is 2.43. The van der Waals surface area contributed by atoms with E-state index >= 15 is 0 Å². The summed E-state index contributed by atoms with van der Waals surface area (Å²) in [5.41, 5.74) is 1.14. The zero-order chi connectivity index (χ0) is 11.7. The van der Waals surface area contributed by atoms with Gasteiger partial charge in [0, 0.05) is 12.2 Å². The molecular formula is C15H20N2. The molecule has 0 aromatic carbocycles. The average Bonchev–Trinajstić information content (AvgIpc) is 2.99. The Morgan fingerprint density at radius 1 is 1.35 bits per heavy atom. The van der Waals surface area contributed by atoms with Gasteiger partial charge in [0.15, 0.2) is 0 Å². The number of hydrogen-bond acceptors (Lipinski definition) is 2. The van der Waals surface area contributed by atoms with E-state index in [1.807, 2.05) is 12.3 Å². The molecule has 2 aliphatic rings. The molecule has 17 heavy (non-hydrogen) atoms. The minimum atomic E-state index is 0.360. The molecule has 3 unspecified atom stereocenters. The highest BCUT2D eigenvalue weighted by Gasteiger charge is 2.35. The van der Waals surface area contributed by atoms with E-state index in [4.69, 9.17) is 0 Å². The zero-order valence-corrected chi connectivity index (χ0v) is 10.3. The summed E-state index contributed by atoms with van der Waals surface area (Å²) in [5, 5.41) is 3.63. The molecule has 1 aromatic heterocycles. The van der Waals surface area contributed by atoms with Crippen molar-refractivity contribution < 1.29 is 0 Å². The van der Waals surface area contributed by atoms with Crippen LogP contribution >= 0.6 is 0 Å². The fourth-order valence-electron chi connectivity index (χ4n) is 3.19. The van der Waals surface area contributed by atoms with E-state index in [9.17, 15) is 0 Å². The standard InChI is InChI=1S/C15H20N2/c1-11(15-4-2-3-7-16-15)17-10-14-9-12-5-6-13(14)8-12/h2-7,11-14,17H,8-10H2,1H3/t11-,12?,13?,14?/m0/s1. The maximum Gasteiger partial charge on any atom is 0.0570 e. The van der Waals surface area contributed by atoms with Crippen LogP contribution in [0.3, 0.4) is 0 Å². The summed E-state index contributed by atoms with van der Waals surface area (Å²) in [5.74, 6) is 2.55. The third kappa shape index (κ3) is 2.27. The van der Waals surface area contributed by atoms with Gasteiger partial charge in [-0.15, -0.1) is 0 Å². The van der Waals surface area contributed by atoms with Crippen LogP contribution in [0.2, 0.25) is 0 Å². The molecular weight excluding hydrogens is 208 g/mol. The lowest BCUT2D eigenvalue weighted by molar-refractivity contribution is 0.391. The fourth-order valence-corrected chi connectivity index (χ4v) is 3.19. The van der Waals surface area contributed by atoms with E-state index in [0.717, 1.165) is 30.0 Å². The first-order valence-corrected chi connectivity index (χ1v) is 6.65. The number of aromatic nitrogens is 1. The van der Waals surface area contributed by atoms with Crippen molar-refractivity contribution in [2.45, 2.75) is 25.8 Å². The van der Waals surface area contributed by atoms with E-state index in [2.05, 4.69) is 41.5 Å². The van der Waals surface area contributed by atoms with Crippen LogP contribution in [0.4, 0.5) is 0 Å². The molecule has 0 saturated heterocycles. The van der Waals surface area contributed by atoms with E-state index in [1.54, 1.807) is 0 Å². The summed E-state index contributed by atoms with van der Waals surface area (Å²) in [4.78, 5) is 4.40. The molecule has 1 heterocycles. The highest BCUT2D eigenvalue weighted by atomic mass is 14.9. The number of allylic oxidation sites excluding steroid dienone is 2. The Kier molecular flexibility index (Phi) is 2.98. The third-order valence-corrected chi connectivity index (χ3v) is 4.23. The van der Waals surface area contributed by atoms with Crippen LogP contribution in [0.25, 0.3) is 0 Å². The summed E-state index contributed by atoms with van der Waals surface area (Å²) < 4.78 is 0. The molecule has 1 aromatic rings. The van der Waals surface area contributed by atoms with Gasteiger partial charge in [0.2, 0.25) is 0 Å². The molecule has 0 radical (unpaired) electrons. The van der Waals surface area contributed by atoms with Gasteiger partial charge in [-0.05, 0) is 56.2 Å². The van der Waals surface area contributed by atoms with E-state index in [1.165, 1.54) is 12.8 Å². The second kappa shape index (κ2) is 4.61. The van der Waals surface area contributed by atoms with Crippen LogP contribution in [0.15, 0.2) is 36.5 Å². The molecule has 2 aliphatic carbocycles. The number of rotatable bonds is 4. The summed E-state index contributed by atoms with van der Waals surface area (Å²) >= 11 is 0. The molecule has 4 atom stereocenters. The second-order valence-electron chi connectivity index (χ2n) is 5.42. The zero-order valence-electron chi connectivity index (χ0n) is 10.3. The highest BCUT2D eigenvalue weighted by molar-refractivity contribution is 5.11. The molecule has 1 N–H and O–H groups in total. The maximum absolute atomic E-state index is 4.40. The summed E-state index contributed by atoms with van der Waals surface area (Å²) in [7, 11) is 0. The minimum Gasteiger partial charge on any atom is -0.309 e. The normalized spacial score (nSPS) is 31.9. The van der Waals surface area contributed by atoms with Crippen LogP contribution in [-0.2, 0) is 0 Å². The first-order valence-electron chi connectivity index (χ1n) is 6.65. The summed E-state index contributed by atoms with van der Waals surface area (Å²) in [6.07, 6.45) is 9.47. The number of pyridine rings is 1. The Hall–Kier alpha value is -1.15. The van der Waals surface area contributed by atoms with Gasteiger partial charge in [-0.3, -0.25) is 4.98 Å². The lowest BCUT2D eigenvalue weighted by Gasteiger charge is -2.21. The topological polar surface area (TPSA) is 24.9 Å². The lowest BCUT2D eigenvalue weighted by atomic mass is 9.93. The van der Waals surface area contributed by atoms with Crippen molar-refractivity contribution in [3.05, 3.63) is 42.2 Å².